The predicted molar refractivity (Wildman–Crippen MR) is 80.6 cm³/mol. The van der Waals surface area contributed by atoms with Crippen LogP contribution in [0.1, 0.15) is 25.0 Å². The summed E-state index contributed by atoms with van der Waals surface area (Å²) in [4.78, 5) is 8.93. The third-order valence-corrected chi connectivity index (χ3v) is 4.32. The lowest BCUT2D eigenvalue weighted by Crippen LogP contribution is -2.19. The van der Waals surface area contributed by atoms with E-state index in [2.05, 4.69) is 20.7 Å². The molecule has 20 heavy (non-hydrogen) atoms. The van der Waals surface area contributed by atoms with Crippen molar-refractivity contribution in [2.75, 3.05) is 13.2 Å². The maximum atomic E-state index is 5.61. The van der Waals surface area contributed by atoms with Gasteiger partial charge < -0.3 is 10.1 Å². The van der Waals surface area contributed by atoms with E-state index in [1.807, 2.05) is 18.2 Å². The van der Waals surface area contributed by atoms with Gasteiger partial charge in [-0.1, -0.05) is 6.07 Å². The van der Waals surface area contributed by atoms with E-state index in [0.29, 0.717) is 6.10 Å². The molecule has 3 rings (SSSR count). The van der Waals surface area contributed by atoms with Crippen molar-refractivity contribution in [1.82, 2.24) is 15.3 Å². The largest absolute Gasteiger partial charge is 0.378 e. The molecule has 0 amide bonds. The van der Waals surface area contributed by atoms with Crippen molar-refractivity contribution in [3.63, 3.8) is 0 Å². The number of pyridine rings is 1. The number of ether oxygens (including phenoxy) is 1. The summed E-state index contributed by atoms with van der Waals surface area (Å²) in [5.74, 6) is 0. The average Bonchev–Trinajstić information content (AvgIpc) is 3.16. The molecule has 1 unspecified atom stereocenters. The standard InChI is InChI=1S/C15H19N3OS/c1-2-7-17-14(5-1)15-18-12(11-20-15)10-16-8-6-13-4-3-9-19-13/h1-2,5,7,11,13,16H,3-4,6,8-10H2. The van der Waals surface area contributed by atoms with Gasteiger partial charge in [-0.05, 0) is 37.9 Å². The van der Waals surface area contributed by atoms with Gasteiger partial charge in [0.25, 0.3) is 0 Å². The zero-order valence-corrected chi connectivity index (χ0v) is 12.2. The summed E-state index contributed by atoms with van der Waals surface area (Å²) in [6, 6.07) is 5.90. The molecule has 1 fully saturated rings. The van der Waals surface area contributed by atoms with Crippen LogP contribution in [0, 0.1) is 0 Å². The lowest BCUT2D eigenvalue weighted by Gasteiger charge is -2.08. The fourth-order valence-electron chi connectivity index (χ4n) is 2.35. The maximum Gasteiger partial charge on any atom is 0.142 e. The van der Waals surface area contributed by atoms with Gasteiger partial charge in [-0.3, -0.25) is 4.98 Å². The molecule has 0 radical (unpaired) electrons. The molecule has 1 aliphatic heterocycles. The van der Waals surface area contributed by atoms with E-state index in [-0.39, 0.29) is 0 Å². The molecule has 0 bridgehead atoms. The van der Waals surface area contributed by atoms with Gasteiger partial charge in [-0.2, -0.15) is 0 Å². The highest BCUT2D eigenvalue weighted by atomic mass is 32.1. The van der Waals surface area contributed by atoms with Crippen molar-refractivity contribution in [3.8, 4) is 10.7 Å². The van der Waals surface area contributed by atoms with Crippen LogP contribution in [0.25, 0.3) is 10.7 Å². The summed E-state index contributed by atoms with van der Waals surface area (Å²) in [7, 11) is 0. The second-order valence-corrected chi connectivity index (χ2v) is 5.82. The molecule has 1 N–H and O–H groups in total. The second kappa shape index (κ2) is 6.92. The zero-order chi connectivity index (χ0) is 13.6. The van der Waals surface area contributed by atoms with Gasteiger partial charge >= 0.3 is 0 Å². The minimum absolute atomic E-state index is 0.460. The molecule has 0 aromatic carbocycles. The van der Waals surface area contributed by atoms with Crippen molar-refractivity contribution in [1.29, 1.82) is 0 Å². The Morgan fingerprint density at radius 2 is 2.40 bits per heavy atom. The second-order valence-electron chi connectivity index (χ2n) is 4.96. The molecule has 4 nitrogen and oxygen atoms in total. The molecular weight excluding hydrogens is 270 g/mol. The van der Waals surface area contributed by atoms with Gasteiger partial charge in [0, 0.05) is 24.7 Å². The molecular formula is C15H19N3OS. The van der Waals surface area contributed by atoms with Crippen molar-refractivity contribution in [2.24, 2.45) is 0 Å². The van der Waals surface area contributed by atoms with E-state index in [9.17, 15) is 0 Å². The Kier molecular flexibility index (Phi) is 4.73. The molecule has 0 spiro atoms. The van der Waals surface area contributed by atoms with Crippen molar-refractivity contribution >= 4 is 11.3 Å². The van der Waals surface area contributed by atoms with Crippen LogP contribution < -0.4 is 5.32 Å². The van der Waals surface area contributed by atoms with Crippen LogP contribution in [-0.2, 0) is 11.3 Å². The lowest BCUT2D eigenvalue weighted by molar-refractivity contribution is 0.104. The SMILES string of the molecule is c1ccc(-c2nc(CNCCC3CCCO3)cs2)nc1. The van der Waals surface area contributed by atoms with Gasteiger partial charge in [0.1, 0.15) is 5.01 Å². The van der Waals surface area contributed by atoms with Crippen LogP contribution in [-0.4, -0.2) is 29.2 Å². The molecule has 1 atom stereocenters. The number of thiazole rings is 1. The van der Waals surface area contributed by atoms with E-state index in [0.717, 1.165) is 42.5 Å². The van der Waals surface area contributed by atoms with E-state index in [1.165, 1.54) is 12.8 Å². The van der Waals surface area contributed by atoms with Gasteiger partial charge in [-0.15, -0.1) is 11.3 Å². The van der Waals surface area contributed by atoms with Crippen LogP contribution in [0.3, 0.4) is 0 Å². The lowest BCUT2D eigenvalue weighted by atomic mass is 10.2. The van der Waals surface area contributed by atoms with Crippen LogP contribution in [0.15, 0.2) is 29.8 Å². The molecule has 1 aliphatic rings. The number of rotatable bonds is 6. The highest BCUT2D eigenvalue weighted by Gasteiger charge is 2.14. The molecule has 1 saturated heterocycles. The van der Waals surface area contributed by atoms with Crippen molar-refractivity contribution in [2.45, 2.75) is 31.9 Å². The summed E-state index contributed by atoms with van der Waals surface area (Å²) in [5, 5.41) is 6.52. The molecule has 3 heterocycles. The van der Waals surface area contributed by atoms with Crippen molar-refractivity contribution in [3.05, 3.63) is 35.5 Å². The predicted octanol–water partition coefficient (Wildman–Crippen LogP) is 2.86. The van der Waals surface area contributed by atoms with Crippen LogP contribution in [0.5, 0.6) is 0 Å². The zero-order valence-electron chi connectivity index (χ0n) is 11.4. The molecule has 2 aromatic heterocycles. The summed E-state index contributed by atoms with van der Waals surface area (Å²) >= 11 is 1.65. The molecule has 0 aliphatic carbocycles. The first kappa shape index (κ1) is 13.7. The maximum absolute atomic E-state index is 5.61. The molecule has 5 heteroatoms. The van der Waals surface area contributed by atoms with Gasteiger partial charge in [0.15, 0.2) is 0 Å². The first-order valence-electron chi connectivity index (χ1n) is 7.10. The van der Waals surface area contributed by atoms with E-state index in [1.54, 1.807) is 17.5 Å². The molecule has 2 aromatic rings. The fraction of sp³-hybridized carbons (Fsp3) is 0.467. The fourth-order valence-corrected chi connectivity index (χ4v) is 3.14. The Morgan fingerprint density at radius 3 is 3.20 bits per heavy atom. The Balaban J connectivity index is 1.45. The van der Waals surface area contributed by atoms with E-state index >= 15 is 0 Å². The van der Waals surface area contributed by atoms with Crippen LogP contribution in [0.2, 0.25) is 0 Å². The molecule has 106 valence electrons. The number of nitrogens with zero attached hydrogens (tertiary/aromatic N) is 2. The van der Waals surface area contributed by atoms with E-state index < -0.39 is 0 Å². The Morgan fingerprint density at radius 1 is 1.40 bits per heavy atom. The highest BCUT2D eigenvalue weighted by molar-refractivity contribution is 7.13. The van der Waals surface area contributed by atoms with Crippen LogP contribution >= 0.6 is 11.3 Å². The van der Waals surface area contributed by atoms with Gasteiger partial charge in [0.2, 0.25) is 0 Å². The number of aromatic nitrogens is 2. The van der Waals surface area contributed by atoms with Gasteiger partial charge in [-0.25, -0.2) is 4.98 Å². The van der Waals surface area contributed by atoms with Crippen molar-refractivity contribution < 1.29 is 4.74 Å². The third-order valence-electron chi connectivity index (χ3n) is 3.41. The average molecular weight is 289 g/mol. The number of hydrogen-bond donors (Lipinski definition) is 1. The molecule has 0 saturated carbocycles. The van der Waals surface area contributed by atoms with E-state index in [4.69, 9.17) is 4.74 Å². The first-order chi connectivity index (χ1) is 9.92. The minimum Gasteiger partial charge on any atom is -0.378 e. The minimum atomic E-state index is 0.460. The Labute approximate surface area is 123 Å². The quantitative estimate of drug-likeness (QED) is 0.831. The first-order valence-corrected chi connectivity index (χ1v) is 7.98. The monoisotopic (exact) mass is 289 g/mol. The number of nitrogens with one attached hydrogen (secondary N) is 1. The third kappa shape index (κ3) is 3.62. The summed E-state index contributed by atoms with van der Waals surface area (Å²) in [6.07, 6.45) is 5.78. The Bertz CT molecular complexity index is 523. The Hall–Kier alpha value is -1.30. The summed E-state index contributed by atoms with van der Waals surface area (Å²) in [6.45, 7) is 2.74. The highest BCUT2D eigenvalue weighted by Crippen LogP contribution is 2.21. The van der Waals surface area contributed by atoms with Crippen LogP contribution in [0.4, 0.5) is 0 Å². The smallest absolute Gasteiger partial charge is 0.142 e. The number of hydrogen-bond acceptors (Lipinski definition) is 5. The summed E-state index contributed by atoms with van der Waals surface area (Å²) in [5.41, 5.74) is 2.03. The van der Waals surface area contributed by atoms with Gasteiger partial charge in [0.05, 0.1) is 17.5 Å². The topological polar surface area (TPSA) is 47.0 Å². The normalized spacial score (nSPS) is 18.5. The summed E-state index contributed by atoms with van der Waals surface area (Å²) < 4.78 is 5.61.